The van der Waals surface area contributed by atoms with E-state index in [1.54, 1.807) is 0 Å². The molecule has 0 aliphatic rings. The van der Waals surface area contributed by atoms with E-state index in [4.69, 9.17) is 0 Å². The predicted octanol–water partition coefficient (Wildman–Crippen LogP) is 1.46. The summed E-state index contributed by atoms with van der Waals surface area (Å²) in [5.74, 6) is 0.812. The molecule has 0 aromatic carbocycles. The van der Waals surface area contributed by atoms with Crippen LogP contribution in [-0.4, -0.2) is 18.4 Å². The van der Waals surface area contributed by atoms with Gasteiger partial charge < -0.3 is 0 Å². The number of aromatic nitrogens is 4. The molecule has 5 heteroatoms. The molecule has 0 saturated heterocycles. The second kappa shape index (κ2) is 3.04. The maximum Gasteiger partial charge on any atom is 0.176 e. The average Bonchev–Trinajstić information content (AvgIpc) is 2.10. The van der Waals surface area contributed by atoms with Crippen molar-refractivity contribution in [2.45, 2.75) is 27.2 Å². The number of hydrogen-bond acceptors (Lipinski definition) is 3. The Bertz CT molecular complexity index is 237. The van der Waals surface area contributed by atoms with Crippen LogP contribution in [0.4, 0.5) is 0 Å². The van der Waals surface area contributed by atoms with Gasteiger partial charge in [0.1, 0.15) is 22.9 Å². The van der Waals surface area contributed by atoms with Gasteiger partial charge in [-0.3, -0.25) is 0 Å². The first-order valence-electron chi connectivity index (χ1n) is 3.42. The monoisotopic (exact) mass is 266 g/mol. The minimum absolute atomic E-state index is 0.236. The van der Waals surface area contributed by atoms with E-state index in [9.17, 15) is 0 Å². The third kappa shape index (κ3) is 3.13. The summed E-state index contributed by atoms with van der Waals surface area (Å²) in [7, 11) is 0. The minimum atomic E-state index is 0.236. The fraction of sp³-hybridized carbons (Fsp3) is 0.833. The Kier molecular flexibility index (Phi) is 2.46. The van der Waals surface area contributed by atoms with Gasteiger partial charge in [0.2, 0.25) is 0 Å². The maximum absolute atomic E-state index is 4.08. The smallest absolute Gasteiger partial charge is 0.126 e. The highest BCUT2D eigenvalue weighted by Gasteiger charge is 2.14. The molecule has 0 spiro atoms. The van der Waals surface area contributed by atoms with Gasteiger partial charge in [-0.25, -0.2) is 0 Å². The molecular formula is C6H11IN4. The van der Waals surface area contributed by atoms with Crippen molar-refractivity contribution < 1.29 is 0 Å². The van der Waals surface area contributed by atoms with E-state index in [1.165, 1.54) is 3.01 Å². The van der Waals surface area contributed by atoms with Crippen molar-refractivity contribution in [3.8, 4) is 0 Å². The van der Waals surface area contributed by atoms with Crippen molar-refractivity contribution in [2.24, 2.45) is 5.41 Å². The molecule has 0 bridgehead atoms. The standard InChI is InChI=1S/C6H11IN4/c1-6(2,3)4-5-8-10-11(7)9-5/h4H2,1-3H3. The highest BCUT2D eigenvalue weighted by Crippen LogP contribution is 2.17. The van der Waals surface area contributed by atoms with E-state index in [0.717, 1.165) is 12.2 Å². The summed E-state index contributed by atoms with van der Waals surface area (Å²) in [5.41, 5.74) is 0.236. The first kappa shape index (κ1) is 8.89. The van der Waals surface area contributed by atoms with Crippen molar-refractivity contribution in [1.82, 2.24) is 18.4 Å². The fourth-order valence-electron chi connectivity index (χ4n) is 0.769. The van der Waals surface area contributed by atoms with Gasteiger partial charge in [0, 0.05) is 6.42 Å². The molecule has 1 aromatic heterocycles. The van der Waals surface area contributed by atoms with Crippen LogP contribution in [0, 0.1) is 5.41 Å². The summed E-state index contributed by atoms with van der Waals surface area (Å²) < 4.78 is 1.46. The quantitative estimate of drug-likeness (QED) is 0.723. The Morgan fingerprint density at radius 3 is 2.45 bits per heavy atom. The van der Waals surface area contributed by atoms with Gasteiger partial charge in [-0.05, 0) is 10.6 Å². The summed E-state index contributed by atoms with van der Waals surface area (Å²) in [6.45, 7) is 6.46. The molecule has 1 heterocycles. The summed E-state index contributed by atoms with van der Waals surface area (Å²) in [6, 6.07) is 0. The molecular weight excluding hydrogens is 255 g/mol. The largest absolute Gasteiger partial charge is 0.176 e. The molecule has 0 aliphatic carbocycles. The Morgan fingerprint density at radius 1 is 1.45 bits per heavy atom. The van der Waals surface area contributed by atoms with Crippen molar-refractivity contribution in [2.75, 3.05) is 0 Å². The zero-order valence-electron chi connectivity index (χ0n) is 6.87. The van der Waals surface area contributed by atoms with Crippen LogP contribution < -0.4 is 0 Å². The average molecular weight is 266 g/mol. The molecule has 0 amide bonds. The molecule has 0 unspecified atom stereocenters. The van der Waals surface area contributed by atoms with E-state index >= 15 is 0 Å². The van der Waals surface area contributed by atoms with Crippen LogP contribution in [0.15, 0.2) is 0 Å². The molecule has 0 aliphatic heterocycles. The SMILES string of the molecule is CC(C)(C)Cc1nnn(I)n1. The number of halogens is 1. The van der Waals surface area contributed by atoms with Gasteiger partial charge in [-0.15, -0.1) is 13.2 Å². The summed E-state index contributed by atoms with van der Waals surface area (Å²) in [5, 5.41) is 11.7. The van der Waals surface area contributed by atoms with E-state index in [-0.39, 0.29) is 5.41 Å². The van der Waals surface area contributed by atoms with Crippen LogP contribution in [0.25, 0.3) is 0 Å². The highest BCUT2D eigenvalue weighted by molar-refractivity contribution is 14.1. The van der Waals surface area contributed by atoms with E-state index in [2.05, 4.69) is 36.2 Å². The Labute approximate surface area is 79.9 Å². The number of nitrogens with zero attached hydrogens (tertiary/aromatic N) is 4. The number of rotatable bonds is 1. The fourth-order valence-corrected chi connectivity index (χ4v) is 1.11. The Balaban J connectivity index is 2.65. The molecule has 0 radical (unpaired) electrons. The third-order valence-corrected chi connectivity index (χ3v) is 1.53. The molecule has 62 valence electrons. The lowest BCUT2D eigenvalue weighted by atomic mass is 9.92. The molecule has 0 saturated carbocycles. The number of tetrazole rings is 1. The van der Waals surface area contributed by atoms with Gasteiger partial charge in [-0.2, -0.15) is 0 Å². The molecule has 4 nitrogen and oxygen atoms in total. The first-order valence-corrected chi connectivity index (χ1v) is 4.39. The molecule has 0 fully saturated rings. The second-order valence-electron chi connectivity index (χ2n) is 3.68. The van der Waals surface area contributed by atoms with Crippen LogP contribution >= 0.6 is 22.9 Å². The van der Waals surface area contributed by atoms with Gasteiger partial charge in [0.25, 0.3) is 0 Å². The van der Waals surface area contributed by atoms with Crippen molar-refractivity contribution >= 4 is 22.9 Å². The predicted molar refractivity (Wildman–Crippen MR) is 50.4 cm³/mol. The van der Waals surface area contributed by atoms with Crippen LogP contribution in [0.2, 0.25) is 0 Å². The normalized spacial score (nSPS) is 12.0. The molecule has 11 heavy (non-hydrogen) atoms. The highest BCUT2D eigenvalue weighted by atomic mass is 127. The first-order chi connectivity index (χ1) is 4.97. The van der Waals surface area contributed by atoms with E-state index in [0.29, 0.717) is 0 Å². The van der Waals surface area contributed by atoms with Crippen molar-refractivity contribution in [1.29, 1.82) is 0 Å². The molecule has 1 aromatic rings. The lowest BCUT2D eigenvalue weighted by Gasteiger charge is -2.14. The Morgan fingerprint density at radius 2 is 2.09 bits per heavy atom. The van der Waals surface area contributed by atoms with Crippen LogP contribution in [0.3, 0.4) is 0 Å². The van der Waals surface area contributed by atoms with Crippen LogP contribution in [0.1, 0.15) is 26.6 Å². The van der Waals surface area contributed by atoms with Gasteiger partial charge in [-0.1, -0.05) is 20.8 Å². The van der Waals surface area contributed by atoms with E-state index in [1.807, 2.05) is 22.9 Å². The molecule has 0 atom stereocenters. The van der Waals surface area contributed by atoms with Crippen molar-refractivity contribution in [3.63, 3.8) is 0 Å². The van der Waals surface area contributed by atoms with Gasteiger partial charge in [0.05, 0.1) is 0 Å². The van der Waals surface area contributed by atoms with Gasteiger partial charge >= 0.3 is 0 Å². The maximum atomic E-state index is 4.08. The summed E-state index contributed by atoms with van der Waals surface area (Å²) in [4.78, 5) is 0. The van der Waals surface area contributed by atoms with Crippen LogP contribution in [0.5, 0.6) is 0 Å². The third-order valence-electron chi connectivity index (χ3n) is 1.12. The lowest BCUT2D eigenvalue weighted by Crippen LogP contribution is -2.10. The minimum Gasteiger partial charge on any atom is -0.126 e. The summed E-state index contributed by atoms with van der Waals surface area (Å²) >= 11 is 1.98. The van der Waals surface area contributed by atoms with E-state index < -0.39 is 0 Å². The second-order valence-corrected chi connectivity index (χ2v) is 4.55. The van der Waals surface area contributed by atoms with Crippen molar-refractivity contribution in [3.05, 3.63) is 5.82 Å². The Hall–Kier alpha value is -0.200. The topological polar surface area (TPSA) is 43.6 Å². The van der Waals surface area contributed by atoms with Gasteiger partial charge in [0.15, 0.2) is 5.82 Å². The zero-order valence-corrected chi connectivity index (χ0v) is 9.03. The molecule has 0 N–H and O–H groups in total. The van der Waals surface area contributed by atoms with Crippen LogP contribution in [-0.2, 0) is 6.42 Å². The molecule has 1 rings (SSSR count). The summed E-state index contributed by atoms with van der Waals surface area (Å²) in [6.07, 6.45) is 0.871. The lowest BCUT2D eigenvalue weighted by molar-refractivity contribution is 0.400. The zero-order chi connectivity index (χ0) is 8.48. The number of hydrogen-bond donors (Lipinski definition) is 0.